The van der Waals surface area contributed by atoms with Gasteiger partial charge in [-0.05, 0) is 17.7 Å². The molecule has 1 aromatic carbocycles. The maximum absolute atomic E-state index is 9.56. The Morgan fingerprint density at radius 2 is 1.84 bits per heavy atom. The zero-order valence-corrected chi connectivity index (χ0v) is 10.3. The summed E-state index contributed by atoms with van der Waals surface area (Å²) in [6.07, 6.45) is 0.733. The number of benzene rings is 1. The van der Waals surface area contributed by atoms with Crippen LogP contribution in [0.1, 0.15) is 11.1 Å². The molecule has 0 amide bonds. The predicted molar refractivity (Wildman–Crippen MR) is 66.9 cm³/mol. The highest BCUT2D eigenvalue weighted by Crippen LogP contribution is 2.20. The fraction of sp³-hybridized carbons (Fsp3) is 0.429. The lowest BCUT2D eigenvalue weighted by molar-refractivity contribution is -0.137. The van der Waals surface area contributed by atoms with E-state index in [2.05, 4.69) is 5.92 Å². The van der Waals surface area contributed by atoms with Gasteiger partial charge in [-0.2, -0.15) is 0 Å². The number of hydrogen-bond acceptors (Lipinski definition) is 5. The van der Waals surface area contributed by atoms with Crippen LogP contribution in [-0.2, 0) is 16.1 Å². The van der Waals surface area contributed by atoms with Crippen molar-refractivity contribution in [1.29, 1.82) is 0 Å². The largest absolute Gasteiger partial charge is 0.387 e. The quantitative estimate of drug-likeness (QED) is 0.646. The van der Waals surface area contributed by atoms with Crippen molar-refractivity contribution in [3.05, 3.63) is 35.4 Å². The molecule has 1 aliphatic heterocycles. The van der Waals surface area contributed by atoms with E-state index in [0.29, 0.717) is 6.61 Å². The number of rotatable bonds is 4. The molecule has 0 aliphatic carbocycles. The number of aliphatic hydroxyl groups excluding tert-OH is 3. The van der Waals surface area contributed by atoms with E-state index in [1.807, 2.05) is 24.3 Å². The van der Waals surface area contributed by atoms with Crippen LogP contribution < -0.4 is 0 Å². The molecule has 5 heteroatoms. The van der Waals surface area contributed by atoms with Crippen molar-refractivity contribution in [3.8, 4) is 12.3 Å². The van der Waals surface area contributed by atoms with Crippen molar-refractivity contribution in [2.24, 2.45) is 0 Å². The second-order valence-corrected chi connectivity index (χ2v) is 4.40. The van der Waals surface area contributed by atoms with E-state index in [1.165, 1.54) is 0 Å². The number of ether oxygens (including phenoxy) is 2. The van der Waals surface area contributed by atoms with Gasteiger partial charge in [0.2, 0.25) is 0 Å². The van der Waals surface area contributed by atoms with Gasteiger partial charge in [-0.1, -0.05) is 18.1 Å². The first-order valence-electron chi connectivity index (χ1n) is 5.95. The Labute approximate surface area is 111 Å². The first kappa shape index (κ1) is 14.0. The zero-order valence-electron chi connectivity index (χ0n) is 10.3. The van der Waals surface area contributed by atoms with Gasteiger partial charge in [-0.25, -0.2) is 0 Å². The minimum absolute atomic E-state index is 0.0895. The van der Waals surface area contributed by atoms with Crippen LogP contribution in [0.2, 0.25) is 0 Å². The summed E-state index contributed by atoms with van der Waals surface area (Å²) in [4.78, 5) is 0. The molecule has 1 saturated heterocycles. The van der Waals surface area contributed by atoms with E-state index in [0.717, 1.165) is 11.1 Å². The van der Waals surface area contributed by atoms with Crippen LogP contribution in [0, 0.1) is 12.3 Å². The Balaban J connectivity index is 1.79. The Morgan fingerprint density at radius 1 is 1.16 bits per heavy atom. The predicted octanol–water partition coefficient (Wildman–Crippen LogP) is -0.377. The van der Waals surface area contributed by atoms with Gasteiger partial charge in [0.1, 0.15) is 18.3 Å². The molecule has 4 atom stereocenters. The molecular weight excluding hydrogens is 248 g/mol. The SMILES string of the molecule is C#Cc1ccc(COC[C@H]2O[C@H](O)[C@@H](O)[C@@H]2O)cc1. The summed E-state index contributed by atoms with van der Waals surface area (Å²) in [5, 5.41) is 28.1. The average molecular weight is 264 g/mol. The van der Waals surface area contributed by atoms with Crippen LogP contribution in [0.3, 0.4) is 0 Å². The van der Waals surface area contributed by atoms with Gasteiger partial charge in [-0.15, -0.1) is 6.42 Å². The van der Waals surface area contributed by atoms with E-state index >= 15 is 0 Å². The van der Waals surface area contributed by atoms with Gasteiger partial charge in [-0.3, -0.25) is 0 Å². The maximum Gasteiger partial charge on any atom is 0.184 e. The lowest BCUT2D eigenvalue weighted by Crippen LogP contribution is -2.34. The van der Waals surface area contributed by atoms with Crippen molar-refractivity contribution in [2.75, 3.05) is 6.61 Å². The van der Waals surface area contributed by atoms with E-state index < -0.39 is 24.6 Å². The van der Waals surface area contributed by atoms with Crippen molar-refractivity contribution >= 4 is 0 Å². The van der Waals surface area contributed by atoms with Crippen LogP contribution in [-0.4, -0.2) is 46.5 Å². The summed E-state index contributed by atoms with van der Waals surface area (Å²) < 4.78 is 10.3. The summed E-state index contributed by atoms with van der Waals surface area (Å²) in [5.41, 5.74) is 1.73. The molecule has 2 rings (SSSR count). The van der Waals surface area contributed by atoms with Crippen LogP contribution in [0.25, 0.3) is 0 Å². The highest BCUT2D eigenvalue weighted by molar-refractivity contribution is 5.33. The molecule has 1 heterocycles. The van der Waals surface area contributed by atoms with Crippen LogP contribution >= 0.6 is 0 Å². The van der Waals surface area contributed by atoms with Gasteiger partial charge in [0.15, 0.2) is 6.29 Å². The molecule has 102 valence electrons. The molecule has 3 N–H and O–H groups in total. The molecule has 0 saturated carbocycles. The van der Waals surface area contributed by atoms with E-state index in [4.69, 9.17) is 15.9 Å². The smallest absolute Gasteiger partial charge is 0.184 e. The van der Waals surface area contributed by atoms with Gasteiger partial charge in [0, 0.05) is 5.56 Å². The van der Waals surface area contributed by atoms with E-state index in [9.17, 15) is 15.3 Å². The van der Waals surface area contributed by atoms with Crippen LogP contribution in [0.15, 0.2) is 24.3 Å². The van der Waals surface area contributed by atoms with Crippen molar-refractivity contribution in [3.63, 3.8) is 0 Å². The zero-order chi connectivity index (χ0) is 13.8. The molecule has 1 fully saturated rings. The second kappa shape index (κ2) is 6.15. The number of hydrogen-bond donors (Lipinski definition) is 3. The molecule has 0 bridgehead atoms. The Hall–Kier alpha value is -1.42. The molecule has 0 radical (unpaired) electrons. The van der Waals surface area contributed by atoms with Crippen molar-refractivity contribution in [2.45, 2.75) is 31.2 Å². The van der Waals surface area contributed by atoms with Gasteiger partial charge >= 0.3 is 0 Å². The van der Waals surface area contributed by atoms with E-state index in [1.54, 1.807) is 0 Å². The standard InChI is InChI=1S/C14H16O5/c1-2-9-3-5-10(6-4-9)7-18-8-11-12(15)13(16)14(17)19-11/h1,3-6,11-17H,7-8H2/t11-,12-,13+,14+/m1/s1. The molecule has 0 spiro atoms. The van der Waals surface area contributed by atoms with Crippen LogP contribution in [0.5, 0.6) is 0 Å². The number of aliphatic hydroxyl groups is 3. The third-order valence-electron chi connectivity index (χ3n) is 3.01. The van der Waals surface area contributed by atoms with Crippen molar-refractivity contribution < 1.29 is 24.8 Å². The molecule has 19 heavy (non-hydrogen) atoms. The van der Waals surface area contributed by atoms with Crippen molar-refractivity contribution in [1.82, 2.24) is 0 Å². The first-order valence-corrected chi connectivity index (χ1v) is 5.95. The monoisotopic (exact) mass is 264 g/mol. The summed E-state index contributed by atoms with van der Waals surface area (Å²) in [6.45, 7) is 0.426. The van der Waals surface area contributed by atoms with E-state index in [-0.39, 0.29) is 6.61 Å². The summed E-state index contributed by atoms with van der Waals surface area (Å²) in [7, 11) is 0. The highest BCUT2D eigenvalue weighted by atomic mass is 16.7. The van der Waals surface area contributed by atoms with Crippen LogP contribution in [0.4, 0.5) is 0 Å². The fourth-order valence-corrected chi connectivity index (χ4v) is 1.86. The molecule has 1 aliphatic rings. The summed E-state index contributed by atoms with van der Waals surface area (Å²) >= 11 is 0. The molecule has 0 unspecified atom stereocenters. The van der Waals surface area contributed by atoms with Gasteiger partial charge in [0.25, 0.3) is 0 Å². The maximum atomic E-state index is 9.56. The molecular formula is C14H16O5. The highest BCUT2D eigenvalue weighted by Gasteiger charge is 2.41. The Morgan fingerprint density at radius 3 is 2.37 bits per heavy atom. The molecule has 5 nitrogen and oxygen atoms in total. The van der Waals surface area contributed by atoms with Gasteiger partial charge < -0.3 is 24.8 Å². The average Bonchev–Trinajstić information content (AvgIpc) is 2.67. The number of terminal acetylenes is 1. The molecule has 1 aromatic rings. The molecule has 0 aromatic heterocycles. The lowest BCUT2D eigenvalue weighted by atomic mass is 10.1. The normalized spacial score (nSPS) is 30.2. The van der Waals surface area contributed by atoms with Gasteiger partial charge in [0.05, 0.1) is 13.2 Å². The topological polar surface area (TPSA) is 79.2 Å². The minimum atomic E-state index is -1.36. The lowest BCUT2D eigenvalue weighted by Gasteiger charge is -2.14. The fourth-order valence-electron chi connectivity index (χ4n) is 1.86. The first-order chi connectivity index (χ1) is 9.11. The third-order valence-corrected chi connectivity index (χ3v) is 3.01. The third kappa shape index (κ3) is 3.32. The Kier molecular flexibility index (Phi) is 4.53. The second-order valence-electron chi connectivity index (χ2n) is 4.40. The summed E-state index contributed by atoms with van der Waals surface area (Å²) in [6, 6.07) is 7.33. The Bertz CT molecular complexity index is 450. The minimum Gasteiger partial charge on any atom is -0.387 e. The summed E-state index contributed by atoms with van der Waals surface area (Å²) in [5.74, 6) is 2.52.